The van der Waals surface area contributed by atoms with Crippen LogP contribution in [0.2, 0.25) is 0 Å². The summed E-state index contributed by atoms with van der Waals surface area (Å²) in [7, 11) is -3.40. The minimum absolute atomic E-state index is 0.359. The van der Waals surface area contributed by atoms with Crippen LogP contribution in [0.25, 0.3) is 10.4 Å². The van der Waals surface area contributed by atoms with Gasteiger partial charge in [0.25, 0.3) is 0 Å². The van der Waals surface area contributed by atoms with E-state index in [0.717, 1.165) is 37.7 Å². The molecule has 23 heavy (non-hydrogen) atoms. The van der Waals surface area contributed by atoms with E-state index in [1.807, 2.05) is 26.0 Å². The summed E-state index contributed by atoms with van der Waals surface area (Å²) in [5.41, 5.74) is 9.31. The molecular formula is C16H26N4O2S. The van der Waals surface area contributed by atoms with Crippen molar-refractivity contribution in [1.82, 2.24) is 4.31 Å². The maximum atomic E-state index is 12.6. The molecule has 0 unspecified atom stereocenters. The first-order valence-corrected chi connectivity index (χ1v) is 9.60. The highest BCUT2D eigenvalue weighted by Gasteiger charge is 2.22. The van der Waals surface area contributed by atoms with Crippen molar-refractivity contribution >= 4 is 10.0 Å². The van der Waals surface area contributed by atoms with Crippen LogP contribution in [0.3, 0.4) is 0 Å². The van der Waals surface area contributed by atoms with E-state index >= 15 is 0 Å². The highest BCUT2D eigenvalue weighted by atomic mass is 32.2. The average Bonchev–Trinajstić information content (AvgIpc) is 2.55. The van der Waals surface area contributed by atoms with E-state index in [0.29, 0.717) is 24.5 Å². The number of nitrogens with zero attached hydrogens (tertiary/aromatic N) is 4. The minimum atomic E-state index is -3.40. The Bertz CT molecular complexity index is 601. The lowest BCUT2D eigenvalue weighted by Crippen LogP contribution is -2.32. The van der Waals surface area contributed by atoms with Crippen LogP contribution in [0.15, 0.2) is 34.3 Å². The van der Waals surface area contributed by atoms with Crippen LogP contribution in [-0.4, -0.2) is 32.4 Å². The maximum absolute atomic E-state index is 12.6. The van der Waals surface area contributed by atoms with Crippen molar-refractivity contribution in [3.8, 4) is 0 Å². The molecule has 0 spiro atoms. The average molecular weight is 338 g/mol. The number of hydrogen-bond acceptors (Lipinski definition) is 3. The molecule has 1 aromatic carbocycles. The second-order valence-electron chi connectivity index (χ2n) is 5.46. The Labute approximate surface area is 139 Å². The Kier molecular flexibility index (Phi) is 8.69. The molecule has 0 saturated heterocycles. The van der Waals surface area contributed by atoms with Crippen molar-refractivity contribution in [2.24, 2.45) is 5.11 Å². The minimum Gasteiger partial charge on any atom is -0.207 e. The van der Waals surface area contributed by atoms with E-state index in [9.17, 15) is 8.42 Å². The van der Waals surface area contributed by atoms with Gasteiger partial charge in [-0.2, -0.15) is 4.31 Å². The first-order chi connectivity index (χ1) is 11.1. The number of benzene rings is 1. The van der Waals surface area contributed by atoms with Gasteiger partial charge in [-0.1, -0.05) is 31.1 Å². The molecule has 0 aromatic heterocycles. The first kappa shape index (κ1) is 19.5. The molecule has 0 heterocycles. The number of rotatable bonds is 11. The zero-order valence-corrected chi connectivity index (χ0v) is 14.8. The lowest BCUT2D eigenvalue weighted by molar-refractivity contribution is 0.410. The van der Waals surface area contributed by atoms with Gasteiger partial charge >= 0.3 is 0 Å². The summed E-state index contributed by atoms with van der Waals surface area (Å²) in [4.78, 5) is 3.08. The van der Waals surface area contributed by atoms with Gasteiger partial charge in [-0.25, -0.2) is 8.42 Å². The van der Waals surface area contributed by atoms with Gasteiger partial charge in [-0.05, 0) is 55.3 Å². The van der Waals surface area contributed by atoms with E-state index < -0.39 is 10.0 Å². The summed E-state index contributed by atoms with van der Waals surface area (Å²) < 4.78 is 26.8. The van der Waals surface area contributed by atoms with Crippen molar-refractivity contribution in [3.63, 3.8) is 0 Å². The van der Waals surface area contributed by atoms with Crippen molar-refractivity contribution < 1.29 is 8.42 Å². The van der Waals surface area contributed by atoms with Crippen LogP contribution in [0.1, 0.15) is 45.1 Å². The zero-order chi connectivity index (χ0) is 17.1. The molecule has 1 rings (SSSR count). The molecule has 0 aliphatic heterocycles. The molecule has 0 N–H and O–H groups in total. The lowest BCUT2D eigenvalue weighted by Gasteiger charge is -2.21. The van der Waals surface area contributed by atoms with Gasteiger partial charge in [0.2, 0.25) is 10.0 Å². The van der Waals surface area contributed by atoms with Gasteiger partial charge in [-0.3, -0.25) is 0 Å². The highest BCUT2D eigenvalue weighted by Crippen LogP contribution is 2.18. The SMILES string of the molecule is CCCN(CCC)S(=O)(=O)c1ccc(CCCCN=[N+]=[N-])cc1. The van der Waals surface area contributed by atoms with Gasteiger partial charge in [0.15, 0.2) is 0 Å². The second kappa shape index (κ2) is 10.3. The third kappa shape index (κ3) is 6.22. The monoisotopic (exact) mass is 338 g/mol. The summed E-state index contributed by atoms with van der Waals surface area (Å²) in [5.74, 6) is 0. The van der Waals surface area contributed by atoms with Crippen LogP contribution >= 0.6 is 0 Å². The highest BCUT2D eigenvalue weighted by molar-refractivity contribution is 7.89. The van der Waals surface area contributed by atoms with Gasteiger partial charge in [0.1, 0.15) is 0 Å². The molecular weight excluding hydrogens is 312 g/mol. The van der Waals surface area contributed by atoms with E-state index in [1.54, 1.807) is 16.4 Å². The van der Waals surface area contributed by atoms with Gasteiger partial charge in [0, 0.05) is 24.5 Å². The smallest absolute Gasteiger partial charge is 0.207 e. The molecule has 0 bridgehead atoms. The van der Waals surface area contributed by atoms with Gasteiger partial charge in [0.05, 0.1) is 4.90 Å². The van der Waals surface area contributed by atoms with E-state index in [4.69, 9.17) is 5.53 Å². The third-order valence-electron chi connectivity index (χ3n) is 3.54. The Balaban J connectivity index is 2.71. The maximum Gasteiger partial charge on any atom is 0.243 e. The third-order valence-corrected chi connectivity index (χ3v) is 5.46. The molecule has 0 aliphatic carbocycles. The van der Waals surface area contributed by atoms with Crippen LogP contribution in [0.4, 0.5) is 0 Å². The molecule has 0 radical (unpaired) electrons. The fraction of sp³-hybridized carbons (Fsp3) is 0.625. The summed E-state index contributed by atoms with van der Waals surface area (Å²) in [6.07, 6.45) is 4.23. The van der Waals surface area contributed by atoms with E-state index in [1.165, 1.54) is 0 Å². The van der Waals surface area contributed by atoms with Crippen molar-refractivity contribution in [2.75, 3.05) is 19.6 Å². The van der Waals surface area contributed by atoms with E-state index in [2.05, 4.69) is 10.0 Å². The zero-order valence-electron chi connectivity index (χ0n) is 14.0. The number of hydrogen-bond donors (Lipinski definition) is 0. The van der Waals surface area contributed by atoms with Crippen molar-refractivity contribution in [3.05, 3.63) is 40.3 Å². The second-order valence-corrected chi connectivity index (χ2v) is 7.40. The number of unbranched alkanes of at least 4 members (excludes halogenated alkanes) is 1. The Morgan fingerprint density at radius 1 is 1.09 bits per heavy atom. The predicted octanol–water partition coefficient (Wildman–Crippen LogP) is 4.13. The standard InChI is InChI=1S/C16H26N4O2S/c1-3-13-20(14-4-2)23(21,22)16-10-8-15(9-11-16)7-5-6-12-18-19-17/h8-11H,3-7,12-14H2,1-2H3. The Morgan fingerprint density at radius 3 is 2.22 bits per heavy atom. The fourth-order valence-electron chi connectivity index (χ4n) is 2.38. The molecule has 0 atom stereocenters. The molecule has 6 nitrogen and oxygen atoms in total. The first-order valence-electron chi connectivity index (χ1n) is 8.16. The summed E-state index contributed by atoms with van der Waals surface area (Å²) in [5, 5.41) is 3.50. The van der Waals surface area contributed by atoms with Crippen LogP contribution in [-0.2, 0) is 16.4 Å². The van der Waals surface area contributed by atoms with Crippen LogP contribution in [0, 0.1) is 0 Å². The molecule has 0 fully saturated rings. The van der Waals surface area contributed by atoms with Crippen LogP contribution in [0.5, 0.6) is 0 Å². The molecule has 0 saturated carbocycles. The Morgan fingerprint density at radius 2 is 1.70 bits per heavy atom. The summed E-state index contributed by atoms with van der Waals surface area (Å²) in [6.45, 7) is 5.58. The number of aryl methyl sites for hydroxylation is 1. The molecule has 128 valence electrons. The van der Waals surface area contributed by atoms with Gasteiger partial charge < -0.3 is 0 Å². The summed E-state index contributed by atoms with van der Waals surface area (Å²) in [6, 6.07) is 7.12. The molecule has 7 heteroatoms. The lowest BCUT2D eigenvalue weighted by atomic mass is 10.1. The largest absolute Gasteiger partial charge is 0.243 e. The van der Waals surface area contributed by atoms with Crippen molar-refractivity contribution in [2.45, 2.75) is 50.8 Å². The topological polar surface area (TPSA) is 86.1 Å². The molecule has 1 aromatic rings. The fourth-order valence-corrected chi connectivity index (χ4v) is 4.01. The van der Waals surface area contributed by atoms with Gasteiger partial charge in [-0.15, -0.1) is 0 Å². The summed E-state index contributed by atoms with van der Waals surface area (Å²) >= 11 is 0. The van der Waals surface area contributed by atoms with E-state index in [-0.39, 0.29) is 0 Å². The number of azide groups is 1. The number of sulfonamides is 1. The Hall–Kier alpha value is -1.56. The van der Waals surface area contributed by atoms with Crippen molar-refractivity contribution in [1.29, 1.82) is 0 Å². The normalized spacial score (nSPS) is 11.4. The quantitative estimate of drug-likeness (QED) is 0.263. The predicted molar refractivity (Wildman–Crippen MR) is 92.7 cm³/mol. The molecule has 0 amide bonds. The molecule has 0 aliphatic rings. The van der Waals surface area contributed by atoms with Crippen LogP contribution < -0.4 is 0 Å².